The number of amides is 1. The molecule has 1 saturated heterocycles. The summed E-state index contributed by atoms with van der Waals surface area (Å²) < 4.78 is 29.8. The number of hydrogen-bond donors (Lipinski definition) is 1. The maximum Gasteiger partial charge on any atom is 0.287 e. The smallest absolute Gasteiger partial charge is 0.287 e. The van der Waals surface area contributed by atoms with Crippen molar-refractivity contribution in [1.82, 2.24) is 15.1 Å². The van der Waals surface area contributed by atoms with E-state index in [4.69, 9.17) is 16.0 Å². The molecule has 1 atom stereocenters. The first-order valence-corrected chi connectivity index (χ1v) is 8.89. The molecule has 7 nitrogen and oxygen atoms in total. The molecule has 1 N–H and O–H groups in total. The van der Waals surface area contributed by atoms with Crippen LogP contribution in [0.3, 0.4) is 0 Å². The Labute approximate surface area is 132 Å². The van der Waals surface area contributed by atoms with Gasteiger partial charge in [0.25, 0.3) is 5.91 Å². The standard InChI is InChI=1S/C13H14ClN3O4S/c14-9-5-15-17(6-9)7-11-1-2-12(21-11)13(18)16-10-3-4-22(19,20)8-10/h1-2,5-6,10H,3-4,7-8H2,(H,16,18)/t10-/m1/s1. The average Bonchev–Trinajstić information content (AvgIpc) is 3.12. The largest absolute Gasteiger partial charge is 0.454 e. The van der Waals surface area contributed by atoms with Gasteiger partial charge in [0.1, 0.15) is 5.76 Å². The lowest BCUT2D eigenvalue weighted by Gasteiger charge is -2.08. The fraction of sp³-hybridized carbons (Fsp3) is 0.385. The van der Waals surface area contributed by atoms with Gasteiger partial charge < -0.3 is 9.73 Å². The highest BCUT2D eigenvalue weighted by molar-refractivity contribution is 7.91. The van der Waals surface area contributed by atoms with Crippen LogP contribution in [0.15, 0.2) is 28.9 Å². The first kappa shape index (κ1) is 15.1. The van der Waals surface area contributed by atoms with E-state index in [1.807, 2.05) is 0 Å². The van der Waals surface area contributed by atoms with Gasteiger partial charge >= 0.3 is 0 Å². The van der Waals surface area contributed by atoms with Gasteiger partial charge in [-0.25, -0.2) is 8.42 Å². The van der Waals surface area contributed by atoms with Crippen molar-refractivity contribution in [1.29, 1.82) is 0 Å². The molecule has 9 heteroatoms. The van der Waals surface area contributed by atoms with Crippen molar-refractivity contribution < 1.29 is 17.6 Å². The summed E-state index contributed by atoms with van der Waals surface area (Å²) in [5.74, 6) is 0.396. The number of furan rings is 1. The lowest BCUT2D eigenvalue weighted by Crippen LogP contribution is -2.35. The molecular weight excluding hydrogens is 330 g/mol. The molecule has 1 aliphatic heterocycles. The van der Waals surface area contributed by atoms with E-state index in [0.29, 0.717) is 23.7 Å². The van der Waals surface area contributed by atoms with E-state index >= 15 is 0 Å². The van der Waals surface area contributed by atoms with Crippen LogP contribution in [0.5, 0.6) is 0 Å². The van der Waals surface area contributed by atoms with E-state index in [1.54, 1.807) is 23.0 Å². The summed E-state index contributed by atoms with van der Waals surface area (Å²) in [6.45, 7) is 0.359. The van der Waals surface area contributed by atoms with Gasteiger partial charge in [0.05, 0.1) is 29.3 Å². The van der Waals surface area contributed by atoms with E-state index in [0.717, 1.165) is 0 Å². The summed E-state index contributed by atoms with van der Waals surface area (Å²) in [6.07, 6.45) is 3.60. The molecular formula is C13H14ClN3O4S. The van der Waals surface area contributed by atoms with Crippen LogP contribution in [0.1, 0.15) is 22.7 Å². The van der Waals surface area contributed by atoms with E-state index < -0.39 is 15.7 Å². The summed E-state index contributed by atoms with van der Waals surface area (Å²) in [5, 5.41) is 7.22. The second-order valence-corrected chi connectivity index (χ2v) is 7.86. The number of carbonyl (C=O) groups is 1. The van der Waals surface area contributed by atoms with Crippen LogP contribution < -0.4 is 5.32 Å². The third kappa shape index (κ3) is 3.50. The second-order valence-electron chi connectivity index (χ2n) is 5.20. The third-order valence-electron chi connectivity index (χ3n) is 3.37. The number of halogens is 1. The molecule has 0 radical (unpaired) electrons. The SMILES string of the molecule is O=C(N[C@@H]1CCS(=O)(=O)C1)c1ccc(Cn2cc(Cl)cn2)o1. The van der Waals surface area contributed by atoms with Gasteiger partial charge in [0.2, 0.25) is 0 Å². The minimum atomic E-state index is -3.03. The zero-order valence-corrected chi connectivity index (χ0v) is 13.1. The summed E-state index contributed by atoms with van der Waals surface area (Å²) in [4.78, 5) is 12.0. The van der Waals surface area contributed by atoms with Gasteiger partial charge in [0, 0.05) is 12.2 Å². The zero-order valence-electron chi connectivity index (χ0n) is 11.5. The van der Waals surface area contributed by atoms with Crippen LogP contribution in [-0.4, -0.2) is 41.7 Å². The molecule has 0 aliphatic carbocycles. The Morgan fingerprint density at radius 2 is 2.32 bits per heavy atom. The zero-order chi connectivity index (χ0) is 15.7. The summed E-state index contributed by atoms with van der Waals surface area (Å²) in [5.41, 5.74) is 0. The van der Waals surface area contributed by atoms with Crippen molar-refractivity contribution in [2.24, 2.45) is 0 Å². The van der Waals surface area contributed by atoms with Crippen molar-refractivity contribution in [3.8, 4) is 0 Å². The molecule has 2 aromatic heterocycles. The molecule has 22 heavy (non-hydrogen) atoms. The van der Waals surface area contributed by atoms with Gasteiger partial charge in [0.15, 0.2) is 15.6 Å². The monoisotopic (exact) mass is 343 g/mol. The molecule has 0 unspecified atom stereocenters. The lowest BCUT2D eigenvalue weighted by atomic mass is 10.2. The van der Waals surface area contributed by atoms with Gasteiger partial charge in [-0.15, -0.1) is 0 Å². The molecule has 1 amide bonds. The average molecular weight is 344 g/mol. The van der Waals surface area contributed by atoms with Gasteiger partial charge in [-0.2, -0.15) is 5.10 Å². The Hall–Kier alpha value is -1.80. The van der Waals surface area contributed by atoms with Crippen molar-refractivity contribution >= 4 is 27.3 Å². The summed E-state index contributed by atoms with van der Waals surface area (Å²) >= 11 is 5.77. The third-order valence-corrected chi connectivity index (χ3v) is 5.34. The van der Waals surface area contributed by atoms with Crippen molar-refractivity contribution in [3.05, 3.63) is 41.1 Å². The maximum atomic E-state index is 12.0. The number of hydrogen-bond acceptors (Lipinski definition) is 5. The number of carbonyl (C=O) groups excluding carboxylic acids is 1. The number of aromatic nitrogens is 2. The predicted molar refractivity (Wildman–Crippen MR) is 79.6 cm³/mol. The van der Waals surface area contributed by atoms with Crippen molar-refractivity contribution in [3.63, 3.8) is 0 Å². The lowest BCUT2D eigenvalue weighted by molar-refractivity contribution is 0.0911. The Balaban J connectivity index is 1.62. The Morgan fingerprint density at radius 3 is 2.95 bits per heavy atom. The molecule has 1 fully saturated rings. The second kappa shape index (κ2) is 5.77. The highest BCUT2D eigenvalue weighted by Crippen LogP contribution is 2.14. The molecule has 3 rings (SSSR count). The minimum absolute atomic E-state index is 0.0158. The molecule has 0 saturated carbocycles. The van der Waals surface area contributed by atoms with Gasteiger partial charge in [-0.3, -0.25) is 9.48 Å². The molecule has 2 aromatic rings. The Kier molecular flexibility index (Phi) is 3.96. The molecule has 0 bridgehead atoms. The molecule has 1 aliphatic rings. The van der Waals surface area contributed by atoms with Crippen LogP contribution in [0, 0.1) is 0 Å². The van der Waals surface area contributed by atoms with E-state index in [1.165, 1.54) is 6.20 Å². The number of nitrogens with zero attached hydrogens (tertiary/aromatic N) is 2. The van der Waals surface area contributed by atoms with Crippen molar-refractivity contribution in [2.45, 2.75) is 19.0 Å². The number of nitrogens with one attached hydrogen (secondary N) is 1. The van der Waals surface area contributed by atoms with Crippen LogP contribution in [-0.2, 0) is 16.4 Å². The first-order valence-electron chi connectivity index (χ1n) is 6.69. The summed E-state index contributed by atoms with van der Waals surface area (Å²) in [7, 11) is -3.03. The predicted octanol–water partition coefficient (Wildman–Crippen LogP) is 1.09. The van der Waals surface area contributed by atoms with E-state index in [9.17, 15) is 13.2 Å². The van der Waals surface area contributed by atoms with Crippen LogP contribution >= 0.6 is 11.6 Å². The van der Waals surface area contributed by atoms with E-state index in [2.05, 4.69) is 10.4 Å². The van der Waals surface area contributed by atoms with Crippen LogP contribution in [0.2, 0.25) is 5.02 Å². The number of rotatable bonds is 4. The van der Waals surface area contributed by atoms with Crippen molar-refractivity contribution in [2.75, 3.05) is 11.5 Å². The minimum Gasteiger partial charge on any atom is -0.454 e. The molecule has 3 heterocycles. The highest BCUT2D eigenvalue weighted by Gasteiger charge is 2.29. The molecule has 118 valence electrons. The van der Waals surface area contributed by atoms with E-state index in [-0.39, 0.29) is 23.3 Å². The fourth-order valence-electron chi connectivity index (χ4n) is 2.33. The molecule has 0 aromatic carbocycles. The Bertz CT molecular complexity index is 796. The topological polar surface area (TPSA) is 94.2 Å². The highest BCUT2D eigenvalue weighted by atomic mass is 35.5. The quantitative estimate of drug-likeness (QED) is 0.897. The Morgan fingerprint density at radius 1 is 1.50 bits per heavy atom. The van der Waals surface area contributed by atoms with Crippen LogP contribution in [0.25, 0.3) is 0 Å². The normalized spacial score (nSPS) is 20.1. The fourth-order valence-corrected chi connectivity index (χ4v) is 4.16. The van der Waals surface area contributed by atoms with Crippen LogP contribution in [0.4, 0.5) is 0 Å². The first-order chi connectivity index (χ1) is 10.4. The molecule has 0 spiro atoms. The summed E-state index contributed by atoms with van der Waals surface area (Å²) in [6, 6.07) is 2.88. The van der Waals surface area contributed by atoms with Gasteiger partial charge in [-0.05, 0) is 18.6 Å². The number of sulfone groups is 1. The van der Waals surface area contributed by atoms with Gasteiger partial charge in [-0.1, -0.05) is 11.6 Å². The maximum absolute atomic E-state index is 12.0.